The Morgan fingerprint density at radius 2 is 1.43 bits per heavy atom. The van der Waals surface area contributed by atoms with Crippen LogP contribution in [0, 0.1) is 5.92 Å². The number of rotatable bonds is 0. The Hall–Kier alpha value is -0.460. The molecular formula is C7H8F6N. The monoisotopic (exact) mass is 220 g/mol. The number of halogens is 6. The van der Waals surface area contributed by atoms with E-state index in [4.69, 9.17) is 0 Å². The van der Waals surface area contributed by atoms with Gasteiger partial charge in [0.1, 0.15) is 6.04 Å². The van der Waals surface area contributed by atoms with Gasteiger partial charge in [0.05, 0.1) is 5.92 Å². The quantitative estimate of drug-likeness (QED) is 0.557. The van der Waals surface area contributed by atoms with Crippen molar-refractivity contribution in [2.45, 2.75) is 31.2 Å². The molecule has 0 aromatic heterocycles. The highest BCUT2D eigenvalue weighted by atomic mass is 19.4. The van der Waals surface area contributed by atoms with Crippen LogP contribution >= 0.6 is 0 Å². The van der Waals surface area contributed by atoms with Crippen LogP contribution in [-0.2, 0) is 0 Å². The number of hydrogen-bond donors (Lipinski definition) is 0. The average Bonchev–Trinajstić information content (AvgIpc) is 2.01. The molecule has 1 saturated heterocycles. The van der Waals surface area contributed by atoms with Crippen LogP contribution in [0.15, 0.2) is 0 Å². The molecule has 0 aromatic carbocycles. The standard InChI is InChI=1S/C7H8F6N/c8-6(9,10)4-1-2-5(14-3-4)7(11,12)13/h4-5H,1-3H2. The van der Waals surface area contributed by atoms with E-state index in [-0.39, 0.29) is 0 Å². The van der Waals surface area contributed by atoms with Crippen molar-refractivity contribution in [3.8, 4) is 0 Å². The zero-order chi connectivity index (χ0) is 11.0. The minimum atomic E-state index is -4.50. The summed E-state index contributed by atoms with van der Waals surface area (Å²) >= 11 is 0. The van der Waals surface area contributed by atoms with Crippen molar-refractivity contribution < 1.29 is 26.3 Å². The van der Waals surface area contributed by atoms with Crippen molar-refractivity contribution in [1.29, 1.82) is 0 Å². The Labute approximate surface area is 76.5 Å². The maximum absolute atomic E-state index is 12.0. The second-order valence-corrected chi connectivity index (χ2v) is 3.24. The first-order valence-corrected chi connectivity index (χ1v) is 4.01. The molecule has 1 aliphatic heterocycles. The summed E-state index contributed by atoms with van der Waals surface area (Å²) in [6.07, 6.45) is -9.98. The summed E-state index contributed by atoms with van der Waals surface area (Å²) in [5.41, 5.74) is 0. The van der Waals surface area contributed by atoms with Gasteiger partial charge in [-0.25, -0.2) is 5.32 Å². The number of hydrogen-bond acceptors (Lipinski definition) is 0. The van der Waals surface area contributed by atoms with E-state index in [1.54, 1.807) is 0 Å². The summed E-state index contributed by atoms with van der Waals surface area (Å²) in [4.78, 5) is 0. The maximum atomic E-state index is 12.0. The van der Waals surface area contributed by atoms with Gasteiger partial charge in [0, 0.05) is 6.54 Å². The van der Waals surface area contributed by atoms with Gasteiger partial charge >= 0.3 is 12.4 Å². The summed E-state index contributed by atoms with van der Waals surface area (Å²) in [6.45, 7) is -0.770. The van der Waals surface area contributed by atoms with Gasteiger partial charge in [-0.2, -0.15) is 26.3 Å². The summed E-state index contributed by atoms with van der Waals surface area (Å²) in [6, 6.07) is -1.92. The molecule has 1 fully saturated rings. The lowest BCUT2D eigenvalue weighted by atomic mass is 9.94. The van der Waals surface area contributed by atoms with Gasteiger partial charge in [-0.3, -0.25) is 0 Å². The second kappa shape index (κ2) is 3.60. The molecule has 1 nitrogen and oxygen atoms in total. The van der Waals surface area contributed by atoms with Crippen LogP contribution in [0.25, 0.3) is 0 Å². The van der Waals surface area contributed by atoms with Crippen LogP contribution in [0.1, 0.15) is 12.8 Å². The molecule has 0 bridgehead atoms. The average molecular weight is 220 g/mol. The molecule has 0 aliphatic carbocycles. The summed E-state index contributed by atoms with van der Waals surface area (Å²) in [5, 5.41) is 3.00. The fraction of sp³-hybridized carbons (Fsp3) is 1.00. The third kappa shape index (κ3) is 2.76. The molecule has 0 spiro atoms. The number of alkyl halides is 6. The van der Waals surface area contributed by atoms with Crippen molar-refractivity contribution in [3.63, 3.8) is 0 Å². The first kappa shape index (κ1) is 11.6. The van der Waals surface area contributed by atoms with Crippen LogP contribution in [0.2, 0.25) is 0 Å². The van der Waals surface area contributed by atoms with Crippen LogP contribution in [-0.4, -0.2) is 24.9 Å². The predicted molar refractivity (Wildman–Crippen MR) is 35.6 cm³/mol. The molecule has 83 valence electrons. The molecular weight excluding hydrogens is 212 g/mol. The van der Waals surface area contributed by atoms with E-state index in [1.807, 2.05) is 0 Å². The number of piperidine rings is 1. The van der Waals surface area contributed by atoms with E-state index in [1.165, 1.54) is 0 Å². The van der Waals surface area contributed by atoms with Crippen LogP contribution < -0.4 is 5.32 Å². The van der Waals surface area contributed by atoms with Crippen LogP contribution in [0.5, 0.6) is 0 Å². The van der Waals surface area contributed by atoms with E-state index >= 15 is 0 Å². The Bertz CT molecular complexity index is 165. The first-order valence-electron chi connectivity index (χ1n) is 4.01. The third-order valence-corrected chi connectivity index (χ3v) is 2.18. The molecule has 0 N–H and O–H groups in total. The SMILES string of the molecule is FC(F)(F)C1CCC(C(F)(F)F)[N]C1. The van der Waals surface area contributed by atoms with Crippen molar-refractivity contribution in [2.24, 2.45) is 5.92 Å². The molecule has 1 rings (SSSR count). The van der Waals surface area contributed by atoms with Gasteiger partial charge < -0.3 is 0 Å². The van der Waals surface area contributed by atoms with Gasteiger partial charge in [-0.05, 0) is 12.8 Å². The normalized spacial score (nSPS) is 30.4. The second-order valence-electron chi connectivity index (χ2n) is 3.24. The molecule has 1 aliphatic rings. The van der Waals surface area contributed by atoms with E-state index in [0.29, 0.717) is 0 Å². The van der Waals surface area contributed by atoms with E-state index in [9.17, 15) is 26.3 Å². The summed E-state index contributed by atoms with van der Waals surface area (Å²) in [7, 11) is 0. The molecule has 2 atom stereocenters. The molecule has 14 heavy (non-hydrogen) atoms. The molecule has 1 radical (unpaired) electrons. The lowest BCUT2D eigenvalue weighted by Crippen LogP contribution is -2.46. The topological polar surface area (TPSA) is 14.1 Å². The van der Waals surface area contributed by atoms with Crippen LogP contribution in [0.4, 0.5) is 26.3 Å². The number of nitrogens with zero attached hydrogens (tertiary/aromatic N) is 1. The van der Waals surface area contributed by atoms with Gasteiger partial charge in [0.2, 0.25) is 0 Å². The minimum Gasteiger partial charge on any atom is -0.228 e. The Morgan fingerprint density at radius 1 is 0.857 bits per heavy atom. The maximum Gasteiger partial charge on any atom is 0.405 e. The minimum absolute atomic E-state index is 0.489. The van der Waals surface area contributed by atoms with Crippen LogP contribution in [0.3, 0.4) is 0 Å². The predicted octanol–water partition coefficient (Wildman–Crippen LogP) is 2.49. The zero-order valence-electron chi connectivity index (χ0n) is 6.99. The first-order chi connectivity index (χ1) is 6.21. The van der Waals surface area contributed by atoms with Crippen molar-refractivity contribution in [1.82, 2.24) is 5.32 Å². The Kier molecular flexibility index (Phi) is 2.99. The highest BCUT2D eigenvalue weighted by Gasteiger charge is 2.48. The fourth-order valence-electron chi connectivity index (χ4n) is 1.33. The molecule has 0 amide bonds. The Balaban J connectivity index is 2.47. The molecule has 1 heterocycles. The zero-order valence-corrected chi connectivity index (χ0v) is 6.99. The summed E-state index contributed by atoms with van der Waals surface area (Å²) in [5.74, 6) is -1.71. The lowest BCUT2D eigenvalue weighted by Gasteiger charge is -2.30. The van der Waals surface area contributed by atoms with Gasteiger partial charge in [-0.1, -0.05) is 0 Å². The Morgan fingerprint density at radius 3 is 1.71 bits per heavy atom. The molecule has 0 saturated carbocycles. The smallest absolute Gasteiger partial charge is 0.228 e. The third-order valence-electron chi connectivity index (χ3n) is 2.18. The molecule has 7 heteroatoms. The molecule has 0 aromatic rings. The fourth-order valence-corrected chi connectivity index (χ4v) is 1.33. The highest BCUT2D eigenvalue weighted by Crippen LogP contribution is 2.36. The lowest BCUT2D eigenvalue weighted by molar-refractivity contribution is -0.200. The van der Waals surface area contributed by atoms with Gasteiger partial charge in [-0.15, -0.1) is 0 Å². The van der Waals surface area contributed by atoms with Crippen molar-refractivity contribution in [3.05, 3.63) is 0 Å². The van der Waals surface area contributed by atoms with E-state index in [0.717, 1.165) is 0 Å². The van der Waals surface area contributed by atoms with E-state index < -0.39 is 43.7 Å². The molecule has 2 unspecified atom stereocenters. The summed E-state index contributed by atoms with van der Waals surface area (Å²) < 4.78 is 72.0. The largest absolute Gasteiger partial charge is 0.405 e. The van der Waals surface area contributed by atoms with Gasteiger partial charge in [0.25, 0.3) is 0 Å². The van der Waals surface area contributed by atoms with Gasteiger partial charge in [0.15, 0.2) is 0 Å². The van der Waals surface area contributed by atoms with Crippen molar-refractivity contribution in [2.75, 3.05) is 6.54 Å². The van der Waals surface area contributed by atoms with Crippen molar-refractivity contribution >= 4 is 0 Å². The van der Waals surface area contributed by atoms with E-state index in [2.05, 4.69) is 5.32 Å². The highest BCUT2D eigenvalue weighted by molar-refractivity contribution is 4.85.